The average molecular weight is 267 g/mol. The first-order valence-electron chi connectivity index (χ1n) is 7.42. The van der Waals surface area contributed by atoms with Gasteiger partial charge >= 0.3 is 6.03 Å². The Hall–Kier alpha value is -1.26. The van der Waals surface area contributed by atoms with Crippen LogP contribution in [0.3, 0.4) is 0 Å². The van der Waals surface area contributed by atoms with Crippen molar-refractivity contribution in [2.75, 3.05) is 13.6 Å². The molecular weight excluding hydrogens is 242 g/mol. The van der Waals surface area contributed by atoms with Crippen molar-refractivity contribution in [2.24, 2.45) is 5.92 Å². The van der Waals surface area contributed by atoms with Gasteiger partial charge < -0.3 is 15.5 Å². The van der Waals surface area contributed by atoms with E-state index in [2.05, 4.69) is 17.6 Å². The number of hydrogen-bond acceptors (Lipinski definition) is 2. The molecule has 1 aliphatic heterocycles. The fourth-order valence-corrected chi connectivity index (χ4v) is 3.13. The molecule has 1 heterocycles. The number of carbonyl (C=O) groups is 2. The standard InChI is InChI=1S/C14H25N3O2/c1-3-10-5-4-6-11(9-10)15-14(19)16-12-7-8-17(2)13(12)18/h10-12H,3-9H2,1-2H3,(H2,15,16,19)/t10-,11-,12+/m1/s1. The van der Waals surface area contributed by atoms with E-state index in [9.17, 15) is 9.59 Å². The fraction of sp³-hybridized carbons (Fsp3) is 0.857. The van der Waals surface area contributed by atoms with Crippen LogP contribution in [-0.2, 0) is 4.79 Å². The minimum atomic E-state index is -0.337. The van der Waals surface area contributed by atoms with Gasteiger partial charge in [0.25, 0.3) is 0 Å². The molecule has 3 atom stereocenters. The van der Waals surface area contributed by atoms with Crippen molar-refractivity contribution in [3.05, 3.63) is 0 Å². The van der Waals surface area contributed by atoms with E-state index in [4.69, 9.17) is 0 Å². The molecule has 1 saturated carbocycles. The number of carbonyl (C=O) groups excluding carboxylic acids is 2. The maximum atomic E-state index is 11.9. The minimum Gasteiger partial charge on any atom is -0.344 e. The molecular formula is C14H25N3O2. The molecule has 108 valence electrons. The van der Waals surface area contributed by atoms with E-state index in [0.29, 0.717) is 6.42 Å². The van der Waals surface area contributed by atoms with E-state index in [1.165, 1.54) is 19.3 Å². The Labute approximate surface area is 115 Å². The molecule has 0 aromatic carbocycles. The molecule has 0 aromatic heterocycles. The Kier molecular flexibility index (Phi) is 4.66. The van der Waals surface area contributed by atoms with Gasteiger partial charge in [0.1, 0.15) is 6.04 Å². The van der Waals surface area contributed by atoms with Gasteiger partial charge in [-0.3, -0.25) is 4.79 Å². The lowest BCUT2D eigenvalue weighted by Gasteiger charge is -2.29. The Morgan fingerprint density at radius 1 is 1.32 bits per heavy atom. The number of urea groups is 1. The fourth-order valence-electron chi connectivity index (χ4n) is 3.13. The number of nitrogens with zero attached hydrogens (tertiary/aromatic N) is 1. The highest BCUT2D eigenvalue weighted by molar-refractivity contribution is 5.88. The second-order valence-corrected chi connectivity index (χ2v) is 5.86. The monoisotopic (exact) mass is 267 g/mol. The summed E-state index contributed by atoms with van der Waals surface area (Å²) in [5, 5.41) is 5.82. The van der Waals surface area contributed by atoms with Gasteiger partial charge in [0.05, 0.1) is 0 Å². The third-order valence-electron chi connectivity index (χ3n) is 4.43. The normalized spacial score (nSPS) is 31.4. The molecule has 2 N–H and O–H groups in total. The summed E-state index contributed by atoms with van der Waals surface area (Å²) >= 11 is 0. The second kappa shape index (κ2) is 6.26. The van der Waals surface area contributed by atoms with Gasteiger partial charge in [-0.25, -0.2) is 4.79 Å². The lowest BCUT2D eigenvalue weighted by Crippen LogP contribution is -2.49. The SMILES string of the molecule is CC[C@@H]1CCC[C@@H](NC(=O)N[C@H]2CCN(C)C2=O)C1. The molecule has 3 amide bonds. The van der Waals surface area contributed by atoms with Gasteiger partial charge in [-0.15, -0.1) is 0 Å². The average Bonchev–Trinajstić information content (AvgIpc) is 2.71. The van der Waals surface area contributed by atoms with Gasteiger partial charge in [-0.2, -0.15) is 0 Å². The molecule has 0 radical (unpaired) electrons. The summed E-state index contributed by atoms with van der Waals surface area (Å²) < 4.78 is 0. The number of rotatable bonds is 3. The van der Waals surface area contributed by atoms with Crippen LogP contribution in [-0.4, -0.2) is 42.5 Å². The summed E-state index contributed by atoms with van der Waals surface area (Å²) in [7, 11) is 1.77. The highest BCUT2D eigenvalue weighted by atomic mass is 16.2. The summed E-state index contributed by atoms with van der Waals surface area (Å²) in [5.74, 6) is 0.753. The zero-order valence-corrected chi connectivity index (χ0v) is 11.9. The Morgan fingerprint density at radius 2 is 2.11 bits per heavy atom. The summed E-state index contributed by atoms with van der Waals surface area (Å²) in [6, 6.07) is -0.251. The minimum absolute atomic E-state index is 0.0187. The molecule has 5 heteroatoms. The van der Waals surface area contributed by atoms with Crippen LogP contribution < -0.4 is 10.6 Å². The van der Waals surface area contributed by atoms with Crippen molar-refractivity contribution in [1.82, 2.24) is 15.5 Å². The molecule has 2 fully saturated rings. The van der Waals surface area contributed by atoms with Crippen LogP contribution in [0.4, 0.5) is 4.79 Å². The molecule has 19 heavy (non-hydrogen) atoms. The van der Waals surface area contributed by atoms with E-state index >= 15 is 0 Å². The predicted molar refractivity (Wildman–Crippen MR) is 73.7 cm³/mol. The van der Waals surface area contributed by atoms with Crippen molar-refractivity contribution < 1.29 is 9.59 Å². The molecule has 2 rings (SSSR count). The smallest absolute Gasteiger partial charge is 0.315 e. The zero-order valence-electron chi connectivity index (χ0n) is 11.9. The second-order valence-electron chi connectivity index (χ2n) is 5.86. The van der Waals surface area contributed by atoms with Crippen LogP contribution in [0.5, 0.6) is 0 Å². The highest BCUT2D eigenvalue weighted by Gasteiger charge is 2.31. The van der Waals surface area contributed by atoms with Crippen molar-refractivity contribution in [1.29, 1.82) is 0 Å². The van der Waals surface area contributed by atoms with E-state index in [1.54, 1.807) is 11.9 Å². The van der Waals surface area contributed by atoms with Gasteiger partial charge in [0.15, 0.2) is 0 Å². The third kappa shape index (κ3) is 3.61. The van der Waals surface area contributed by atoms with Crippen LogP contribution >= 0.6 is 0 Å². The molecule has 1 saturated heterocycles. The molecule has 0 unspecified atom stereocenters. The van der Waals surface area contributed by atoms with Gasteiger partial charge in [0.2, 0.25) is 5.91 Å². The van der Waals surface area contributed by atoms with Crippen molar-refractivity contribution in [3.8, 4) is 0 Å². The van der Waals surface area contributed by atoms with E-state index in [0.717, 1.165) is 25.3 Å². The Bertz CT molecular complexity index is 346. The van der Waals surface area contributed by atoms with Crippen LogP contribution in [0.1, 0.15) is 45.4 Å². The third-order valence-corrected chi connectivity index (χ3v) is 4.43. The first-order valence-corrected chi connectivity index (χ1v) is 7.42. The van der Waals surface area contributed by atoms with Crippen LogP contribution in [0.2, 0.25) is 0 Å². The maximum Gasteiger partial charge on any atom is 0.315 e. The Balaban J connectivity index is 1.76. The molecule has 1 aliphatic carbocycles. The van der Waals surface area contributed by atoms with E-state index in [1.807, 2.05) is 0 Å². The lowest BCUT2D eigenvalue weighted by molar-refractivity contribution is -0.128. The predicted octanol–water partition coefficient (Wildman–Crippen LogP) is 1.49. The summed E-state index contributed by atoms with van der Waals surface area (Å²) in [6.45, 7) is 2.94. The van der Waals surface area contributed by atoms with Crippen LogP contribution in [0.25, 0.3) is 0 Å². The number of likely N-dealkylation sites (N-methyl/N-ethyl adjacent to an activating group) is 1. The van der Waals surface area contributed by atoms with E-state index < -0.39 is 0 Å². The molecule has 0 spiro atoms. The summed E-state index contributed by atoms with van der Waals surface area (Å²) in [4.78, 5) is 25.3. The highest BCUT2D eigenvalue weighted by Crippen LogP contribution is 2.26. The number of amides is 3. The molecule has 2 aliphatic rings. The molecule has 0 bridgehead atoms. The molecule has 0 aromatic rings. The van der Waals surface area contributed by atoms with Crippen molar-refractivity contribution >= 4 is 11.9 Å². The zero-order chi connectivity index (χ0) is 13.8. The summed E-state index contributed by atoms with van der Waals surface area (Å²) in [6.07, 6.45) is 6.50. The van der Waals surface area contributed by atoms with Crippen molar-refractivity contribution in [2.45, 2.75) is 57.5 Å². The number of nitrogens with one attached hydrogen (secondary N) is 2. The topological polar surface area (TPSA) is 61.4 Å². The number of likely N-dealkylation sites (tertiary alicyclic amines) is 1. The van der Waals surface area contributed by atoms with Crippen LogP contribution in [0, 0.1) is 5.92 Å². The lowest BCUT2D eigenvalue weighted by atomic mass is 9.84. The van der Waals surface area contributed by atoms with Gasteiger partial charge in [-0.1, -0.05) is 26.2 Å². The van der Waals surface area contributed by atoms with Gasteiger partial charge in [-0.05, 0) is 25.2 Å². The van der Waals surface area contributed by atoms with Crippen LogP contribution in [0.15, 0.2) is 0 Å². The summed E-state index contributed by atoms with van der Waals surface area (Å²) in [5.41, 5.74) is 0. The Morgan fingerprint density at radius 3 is 2.74 bits per heavy atom. The van der Waals surface area contributed by atoms with E-state index in [-0.39, 0.29) is 24.0 Å². The van der Waals surface area contributed by atoms with Crippen molar-refractivity contribution in [3.63, 3.8) is 0 Å². The first-order chi connectivity index (χ1) is 9.10. The maximum absolute atomic E-state index is 11.9. The molecule has 5 nitrogen and oxygen atoms in total. The van der Waals surface area contributed by atoms with Gasteiger partial charge in [0, 0.05) is 19.6 Å². The first kappa shape index (κ1) is 14.2. The number of hydrogen-bond donors (Lipinski definition) is 2. The largest absolute Gasteiger partial charge is 0.344 e. The quantitative estimate of drug-likeness (QED) is 0.813.